The predicted octanol–water partition coefficient (Wildman–Crippen LogP) is 0.401. The number of ether oxygens (including phenoxy) is 1. The van der Waals surface area contributed by atoms with Crippen molar-refractivity contribution in [1.82, 2.24) is 0 Å². The molecular weight excluding hydrogens is 156 g/mol. The Morgan fingerprint density at radius 1 is 1.50 bits per heavy atom. The van der Waals surface area contributed by atoms with Crippen LogP contribution in [0.5, 0.6) is 0 Å². The van der Waals surface area contributed by atoms with Crippen molar-refractivity contribution in [2.24, 2.45) is 11.8 Å². The van der Waals surface area contributed by atoms with E-state index < -0.39 is 0 Å². The van der Waals surface area contributed by atoms with E-state index in [4.69, 9.17) is 11.3 Å². The minimum Gasteiger partial charge on any atom is -0.394 e. The topological polar surface area (TPSA) is 49.7 Å². The van der Waals surface area contributed by atoms with Crippen molar-refractivity contribution >= 4 is 0 Å². The van der Waals surface area contributed by atoms with E-state index in [9.17, 15) is 0 Å². The van der Waals surface area contributed by atoms with Crippen LogP contribution in [-0.2, 0) is 4.74 Å². The molecule has 0 unspecified atom stereocenters. The fourth-order valence-corrected chi connectivity index (χ4v) is 1.74. The molecule has 4 atom stereocenters. The molecule has 0 radical (unpaired) electrons. The lowest BCUT2D eigenvalue weighted by Gasteiger charge is -2.37. The van der Waals surface area contributed by atoms with Crippen LogP contribution in [0.4, 0.5) is 0 Å². The van der Waals surface area contributed by atoms with Crippen molar-refractivity contribution in [2.75, 3.05) is 13.2 Å². The van der Waals surface area contributed by atoms with Gasteiger partial charge in [0.15, 0.2) is 0 Å². The van der Waals surface area contributed by atoms with Crippen LogP contribution in [0, 0.1) is 11.8 Å². The van der Waals surface area contributed by atoms with Crippen LogP contribution < -0.4 is 0 Å². The Morgan fingerprint density at radius 2 is 2.25 bits per heavy atom. The molecule has 0 saturated carbocycles. The van der Waals surface area contributed by atoms with Crippen LogP contribution in [0.3, 0.4) is 0 Å². The minimum atomic E-state index is -0.0936. The van der Waals surface area contributed by atoms with Crippen LogP contribution in [-0.4, -0.2) is 37.1 Å². The lowest BCUT2D eigenvalue weighted by molar-refractivity contribution is -0.132. The molecule has 1 rings (SSSR count). The lowest BCUT2D eigenvalue weighted by atomic mass is 9.84. The van der Waals surface area contributed by atoms with Gasteiger partial charge in [-0.2, -0.15) is 0 Å². The van der Waals surface area contributed by atoms with Crippen LogP contribution in [0.25, 0.3) is 0 Å². The first kappa shape index (κ1) is 8.48. The van der Waals surface area contributed by atoms with Gasteiger partial charge in [0.1, 0.15) is 0 Å². The van der Waals surface area contributed by atoms with Crippen molar-refractivity contribution in [1.29, 1.82) is 1.43 Å². The second kappa shape index (κ2) is 4.21. The summed E-state index contributed by atoms with van der Waals surface area (Å²) in [5.41, 5.74) is 0. The molecule has 72 valence electrons. The fraction of sp³-hybridized carbons (Fsp3) is 1.00. The summed E-state index contributed by atoms with van der Waals surface area (Å²) in [7, 11) is 0. The zero-order valence-corrected chi connectivity index (χ0v) is 7.69. The molecule has 1 heterocycles. The van der Waals surface area contributed by atoms with E-state index in [1.807, 2.05) is 0 Å². The summed E-state index contributed by atoms with van der Waals surface area (Å²) < 4.78 is 12.2. The van der Waals surface area contributed by atoms with E-state index in [0.29, 0.717) is 18.4 Å². The summed E-state index contributed by atoms with van der Waals surface area (Å²) in [5.74, 6) is 0.901. The third-order valence-electron chi connectivity index (χ3n) is 2.85. The SMILES string of the molecule is [2H]OC[C@H]1C[C@@H](C)[C@@H](C)[C@@H](CO)O1. The molecule has 0 spiro atoms. The van der Waals surface area contributed by atoms with Crippen LogP contribution >= 0.6 is 0 Å². The molecule has 1 aliphatic heterocycles. The number of aliphatic hydroxyl groups is 2. The molecule has 0 aromatic carbocycles. The quantitative estimate of drug-likeness (QED) is 0.653. The summed E-state index contributed by atoms with van der Waals surface area (Å²) in [6.45, 7) is 4.59. The Kier molecular flexibility index (Phi) is 2.98. The Labute approximate surface area is 74.8 Å². The van der Waals surface area contributed by atoms with E-state index >= 15 is 0 Å². The lowest BCUT2D eigenvalue weighted by Crippen LogP contribution is -2.42. The van der Waals surface area contributed by atoms with Gasteiger partial charge in [0.05, 0.1) is 25.4 Å². The van der Waals surface area contributed by atoms with Crippen LogP contribution in [0.1, 0.15) is 20.3 Å². The molecule has 0 amide bonds. The minimum absolute atomic E-state index is 0.0270. The standard InChI is InChI=1S/C9H18O3/c1-6-3-8(4-10)12-9(5-11)7(6)2/h6-11H,3-5H2,1-2H3/t6-,7-,8-,9-/m1/s1/i10D. The molecule has 0 aromatic rings. The van der Waals surface area contributed by atoms with Gasteiger partial charge >= 0.3 is 0 Å². The summed E-state index contributed by atoms with van der Waals surface area (Å²) in [6, 6.07) is 0. The molecule has 3 heteroatoms. The highest BCUT2D eigenvalue weighted by Crippen LogP contribution is 2.29. The highest BCUT2D eigenvalue weighted by molar-refractivity contribution is 4.80. The normalized spacial score (nSPS) is 44.1. The van der Waals surface area contributed by atoms with Crippen molar-refractivity contribution in [3.63, 3.8) is 0 Å². The average molecular weight is 175 g/mol. The van der Waals surface area contributed by atoms with E-state index in [1.54, 1.807) is 0 Å². The Morgan fingerprint density at radius 3 is 2.83 bits per heavy atom. The van der Waals surface area contributed by atoms with Gasteiger partial charge in [-0.15, -0.1) is 0 Å². The monoisotopic (exact) mass is 175 g/mol. The van der Waals surface area contributed by atoms with Gasteiger partial charge < -0.3 is 15.0 Å². The zero-order valence-electron chi connectivity index (χ0n) is 8.69. The van der Waals surface area contributed by atoms with Gasteiger partial charge in [0, 0.05) is 0 Å². The van der Waals surface area contributed by atoms with Gasteiger partial charge in [0.2, 0.25) is 1.43 Å². The van der Waals surface area contributed by atoms with Gasteiger partial charge in [-0.1, -0.05) is 13.8 Å². The fourth-order valence-electron chi connectivity index (χ4n) is 1.74. The molecule has 1 saturated heterocycles. The van der Waals surface area contributed by atoms with Gasteiger partial charge in [-0.3, -0.25) is 0 Å². The summed E-state index contributed by atoms with van der Waals surface area (Å²) >= 11 is 0. The molecule has 12 heavy (non-hydrogen) atoms. The number of aliphatic hydroxyl groups excluding tert-OH is 2. The summed E-state index contributed by atoms with van der Waals surface area (Å²) in [6.07, 6.45) is 0.793. The molecule has 3 nitrogen and oxygen atoms in total. The first-order valence-corrected chi connectivity index (χ1v) is 4.53. The van der Waals surface area contributed by atoms with Gasteiger partial charge in [-0.25, -0.2) is 0 Å². The van der Waals surface area contributed by atoms with E-state index in [-0.39, 0.29) is 18.8 Å². The molecular formula is C9H18O3. The third-order valence-corrected chi connectivity index (χ3v) is 2.85. The third kappa shape index (κ3) is 1.97. The highest BCUT2D eigenvalue weighted by Gasteiger charge is 2.32. The first-order chi connectivity index (χ1) is 6.19. The van der Waals surface area contributed by atoms with Gasteiger partial charge in [0.25, 0.3) is 0 Å². The maximum absolute atomic E-state index is 9.05. The van der Waals surface area contributed by atoms with E-state index in [2.05, 4.69) is 19.0 Å². The molecule has 0 bridgehead atoms. The highest BCUT2D eigenvalue weighted by atomic mass is 16.5. The second-order valence-electron chi connectivity index (χ2n) is 3.72. The maximum atomic E-state index is 9.05. The van der Waals surface area contributed by atoms with Crippen molar-refractivity contribution in [3.8, 4) is 0 Å². The van der Waals surface area contributed by atoms with E-state index in [0.717, 1.165) is 6.42 Å². The second-order valence-corrected chi connectivity index (χ2v) is 3.72. The zero-order chi connectivity index (χ0) is 9.84. The smallest absolute Gasteiger partial charge is 0.210 e. The van der Waals surface area contributed by atoms with Crippen molar-refractivity contribution in [2.45, 2.75) is 32.5 Å². The largest absolute Gasteiger partial charge is 0.394 e. The Balaban J connectivity index is 2.47. The molecule has 2 N–H and O–H groups in total. The molecule has 1 fully saturated rings. The van der Waals surface area contributed by atoms with Gasteiger partial charge in [-0.05, 0) is 18.3 Å². The van der Waals surface area contributed by atoms with Crippen molar-refractivity contribution < 1.29 is 15.0 Å². The summed E-state index contributed by atoms with van der Waals surface area (Å²) in [5, 5.41) is 13.4. The van der Waals surface area contributed by atoms with Crippen LogP contribution in [0.2, 0.25) is 0 Å². The van der Waals surface area contributed by atoms with E-state index in [1.165, 1.54) is 0 Å². The predicted molar refractivity (Wildman–Crippen MR) is 45.8 cm³/mol. The molecule has 0 aliphatic carbocycles. The molecule has 1 aliphatic rings. The number of hydrogen-bond acceptors (Lipinski definition) is 3. The maximum Gasteiger partial charge on any atom is 0.210 e. The number of rotatable bonds is 3. The Bertz CT molecular complexity index is 154. The summed E-state index contributed by atoms with van der Waals surface area (Å²) in [4.78, 5) is 0. The Hall–Kier alpha value is -0.120. The molecule has 0 aromatic heterocycles. The van der Waals surface area contributed by atoms with Crippen molar-refractivity contribution in [3.05, 3.63) is 0 Å². The van der Waals surface area contributed by atoms with Crippen LogP contribution in [0.15, 0.2) is 0 Å². The first-order valence-electron chi connectivity index (χ1n) is 4.94. The average Bonchev–Trinajstić information content (AvgIpc) is 2.11. The number of hydrogen-bond donors (Lipinski definition) is 2.